The quantitative estimate of drug-likeness (QED) is 0.805. The van der Waals surface area contributed by atoms with Gasteiger partial charge in [-0.25, -0.2) is 9.97 Å². The first-order valence-electron chi connectivity index (χ1n) is 4.31. The van der Waals surface area contributed by atoms with Crippen molar-refractivity contribution in [3.63, 3.8) is 0 Å². The van der Waals surface area contributed by atoms with Crippen LogP contribution in [0.5, 0.6) is 0 Å². The molecule has 0 aromatic carbocycles. The van der Waals surface area contributed by atoms with E-state index >= 15 is 0 Å². The summed E-state index contributed by atoms with van der Waals surface area (Å²) in [5.74, 6) is 0.545. The van der Waals surface area contributed by atoms with E-state index in [0.717, 1.165) is 18.7 Å². The average molecular weight is 212 g/mol. The molecule has 0 saturated heterocycles. The summed E-state index contributed by atoms with van der Waals surface area (Å²) in [6.45, 7) is 0.837. The van der Waals surface area contributed by atoms with Crippen molar-refractivity contribution >= 4 is 17.4 Å². The zero-order chi connectivity index (χ0) is 9.97. The lowest BCUT2D eigenvalue weighted by Gasteiger charge is -1.95. The van der Waals surface area contributed by atoms with Gasteiger partial charge in [0.2, 0.25) is 0 Å². The minimum atomic E-state index is 0.545. The topological polar surface area (TPSA) is 55.1 Å². The Balaban J connectivity index is 2.41. The molecule has 2 rings (SSSR count). The molecule has 6 heteroatoms. The molecule has 0 spiro atoms. The molecule has 14 heavy (non-hydrogen) atoms. The summed E-state index contributed by atoms with van der Waals surface area (Å²) >= 11 is 6.06. The molecule has 0 unspecified atom stereocenters. The van der Waals surface area contributed by atoms with E-state index in [-0.39, 0.29) is 0 Å². The lowest BCUT2D eigenvalue weighted by atomic mass is 10.3. The molecule has 0 saturated carbocycles. The van der Waals surface area contributed by atoms with Gasteiger partial charge in [-0.2, -0.15) is 9.61 Å². The SMILES string of the molecule is CNCCc1nc2nccnn2c1Cl. The standard InChI is InChI=1S/C8H10ClN5/c1-10-3-2-6-7(9)14-8(13-6)11-4-5-12-14/h4-5,10H,2-3H2,1H3. The highest BCUT2D eigenvalue weighted by atomic mass is 35.5. The number of halogens is 1. The molecule has 5 nitrogen and oxygen atoms in total. The molecular formula is C8H10ClN5. The van der Waals surface area contributed by atoms with Crippen LogP contribution in [0.1, 0.15) is 5.69 Å². The van der Waals surface area contributed by atoms with E-state index in [4.69, 9.17) is 11.6 Å². The minimum Gasteiger partial charge on any atom is -0.319 e. The van der Waals surface area contributed by atoms with Crippen LogP contribution < -0.4 is 5.32 Å². The van der Waals surface area contributed by atoms with Gasteiger partial charge < -0.3 is 5.32 Å². The normalized spacial score (nSPS) is 11.0. The monoisotopic (exact) mass is 211 g/mol. The van der Waals surface area contributed by atoms with Crippen LogP contribution >= 0.6 is 11.6 Å². The summed E-state index contributed by atoms with van der Waals surface area (Å²) in [6.07, 6.45) is 3.96. The molecule has 0 radical (unpaired) electrons. The van der Waals surface area contributed by atoms with Crippen molar-refractivity contribution in [2.45, 2.75) is 6.42 Å². The minimum absolute atomic E-state index is 0.545. The Kier molecular flexibility index (Phi) is 2.60. The maximum Gasteiger partial charge on any atom is 0.252 e. The second kappa shape index (κ2) is 3.89. The highest BCUT2D eigenvalue weighted by molar-refractivity contribution is 6.30. The Bertz CT molecular complexity index is 438. The van der Waals surface area contributed by atoms with Crippen LogP contribution in [0.3, 0.4) is 0 Å². The largest absolute Gasteiger partial charge is 0.319 e. The van der Waals surface area contributed by atoms with Gasteiger partial charge in [0, 0.05) is 13.0 Å². The van der Waals surface area contributed by atoms with Gasteiger partial charge >= 0.3 is 0 Å². The molecule has 0 bridgehead atoms. The van der Waals surface area contributed by atoms with Crippen molar-refractivity contribution in [2.24, 2.45) is 0 Å². The summed E-state index contributed by atoms with van der Waals surface area (Å²) in [5.41, 5.74) is 0.826. The maximum atomic E-state index is 6.06. The van der Waals surface area contributed by atoms with Gasteiger partial charge in [-0.15, -0.1) is 0 Å². The molecule has 0 aliphatic rings. The maximum absolute atomic E-state index is 6.06. The third kappa shape index (κ3) is 1.56. The van der Waals surface area contributed by atoms with Crippen LogP contribution in [0.15, 0.2) is 12.4 Å². The van der Waals surface area contributed by atoms with Crippen molar-refractivity contribution in [1.29, 1.82) is 0 Å². The van der Waals surface area contributed by atoms with Crippen molar-refractivity contribution in [1.82, 2.24) is 24.9 Å². The fraction of sp³-hybridized carbons (Fsp3) is 0.375. The van der Waals surface area contributed by atoms with E-state index in [1.165, 1.54) is 4.52 Å². The van der Waals surface area contributed by atoms with E-state index in [0.29, 0.717) is 10.9 Å². The Morgan fingerprint density at radius 1 is 1.50 bits per heavy atom. The molecule has 0 aliphatic carbocycles. The van der Waals surface area contributed by atoms with E-state index in [1.807, 2.05) is 7.05 Å². The first kappa shape index (κ1) is 9.36. The highest BCUT2D eigenvalue weighted by Gasteiger charge is 2.10. The second-order valence-electron chi connectivity index (χ2n) is 2.86. The van der Waals surface area contributed by atoms with Crippen LogP contribution in [-0.4, -0.2) is 33.2 Å². The molecule has 0 aliphatic heterocycles. The zero-order valence-electron chi connectivity index (χ0n) is 7.74. The Morgan fingerprint density at radius 2 is 2.36 bits per heavy atom. The molecule has 1 N–H and O–H groups in total. The van der Waals surface area contributed by atoms with Gasteiger partial charge in [0.1, 0.15) is 0 Å². The van der Waals surface area contributed by atoms with Gasteiger partial charge in [-0.05, 0) is 7.05 Å². The van der Waals surface area contributed by atoms with E-state index in [9.17, 15) is 0 Å². The fourth-order valence-electron chi connectivity index (χ4n) is 1.21. The predicted molar refractivity (Wildman–Crippen MR) is 53.4 cm³/mol. The lowest BCUT2D eigenvalue weighted by Crippen LogP contribution is -2.10. The number of nitrogens with zero attached hydrogens (tertiary/aromatic N) is 4. The number of rotatable bonds is 3. The van der Waals surface area contributed by atoms with Crippen molar-refractivity contribution in [3.05, 3.63) is 23.2 Å². The predicted octanol–water partition coefficient (Wildman–Crippen LogP) is 0.540. The molecule has 0 fully saturated rings. The molecule has 2 heterocycles. The third-order valence-electron chi connectivity index (χ3n) is 1.90. The van der Waals surface area contributed by atoms with E-state index in [1.54, 1.807) is 12.4 Å². The van der Waals surface area contributed by atoms with Gasteiger partial charge in [-0.1, -0.05) is 11.6 Å². The van der Waals surface area contributed by atoms with Crippen LogP contribution in [0, 0.1) is 0 Å². The number of fused-ring (bicyclic) bond motifs is 1. The zero-order valence-corrected chi connectivity index (χ0v) is 8.49. The number of imidazole rings is 1. The summed E-state index contributed by atoms with van der Waals surface area (Å²) in [7, 11) is 1.89. The van der Waals surface area contributed by atoms with Crippen molar-refractivity contribution in [2.75, 3.05) is 13.6 Å². The number of hydrogen-bond acceptors (Lipinski definition) is 4. The Morgan fingerprint density at radius 3 is 3.07 bits per heavy atom. The van der Waals surface area contributed by atoms with Crippen LogP contribution in [0.4, 0.5) is 0 Å². The molecule has 2 aromatic rings. The van der Waals surface area contributed by atoms with Crippen molar-refractivity contribution < 1.29 is 0 Å². The third-order valence-corrected chi connectivity index (χ3v) is 2.28. The van der Waals surface area contributed by atoms with Crippen molar-refractivity contribution in [3.8, 4) is 0 Å². The molecule has 0 atom stereocenters. The van der Waals surface area contributed by atoms with Gasteiger partial charge in [0.05, 0.1) is 18.1 Å². The number of hydrogen-bond donors (Lipinski definition) is 1. The Hall–Kier alpha value is -1.20. The smallest absolute Gasteiger partial charge is 0.252 e. The van der Waals surface area contributed by atoms with Gasteiger partial charge in [0.15, 0.2) is 5.15 Å². The average Bonchev–Trinajstić information content (AvgIpc) is 2.54. The Labute approximate surface area is 86.1 Å². The van der Waals surface area contributed by atoms with Gasteiger partial charge in [0.25, 0.3) is 5.78 Å². The number of likely N-dealkylation sites (N-methyl/N-ethyl adjacent to an activating group) is 1. The fourth-order valence-corrected chi connectivity index (χ4v) is 1.47. The lowest BCUT2D eigenvalue weighted by molar-refractivity contribution is 0.779. The molecule has 0 amide bonds. The molecule has 74 valence electrons. The second-order valence-corrected chi connectivity index (χ2v) is 3.22. The summed E-state index contributed by atoms with van der Waals surface area (Å²) < 4.78 is 1.53. The van der Waals surface area contributed by atoms with Gasteiger partial charge in [-0.3, -0.25) is 0 Å². The first-order valence-corrected chi connectivity index (χ1v) is 4.69. The highest BCUT2D eigenvalue weighted by Crippen LogP contribution is 2.15. The first-order chi connectivity index (χ1) is 6.83. The summed E-state index contributed by atoms with van der Waals surface area (Å²) in [6, 6.07) is 0. The van der Waals surface area contributed by atoms with Crippen LogP contribution in [-0.2, 0) is 6.42 Å². The van der Waals surface area contributed by atoms with E-state index < -0.39 is 0 Å². The molecular weight excluding hydrogens is 202 g/mol. The summed E-state index contributed by atoms with van der Waals surface area (Å²) in [4.78, 5) is 8.32. The summed E-state index contributed by atoms with van der Waals surface area (Å²) in [5, 5.41) is 7.63. The van der Waals surface area contributed by atoms with E-state index in [2.05, 4.69) is 20.4 Å². The molecule has 2 aromatic heterocycles. The number of aromatic nitrogens is 4. The number of nitrogens with one attached hydrogen (secondary N) is 1. The van der Waals surface area contributed by atoms with Crippen LogP contribution in [0.25, 0.3) is 5.78 Å². The van der Waals surface area contributed by atoms with Crippen LogP contribution in [0.2, 0.25) is 5.15 Å².